The van der Waals surface area contributed by atoms with Gasteiger partial charge >= 0.3 is 0 Å². The van der Waals surface area contributed by atoms with Crippen molar-refractivity contribution in [3.63, 3.8) is 0 Å². The lowest BCUT2D eigenvalue weighted by Crippen LogP contribution is -2.51. The SMILES string of the molecule is CNc1ccc(C2C[C@@]3(C)C(CCC34CCCO4)C3C[C@@H](C)C4=CC(=O)CCC4=C23)cc1. The zero-order chi connectivity index (χ0) is 22.1. The molecule has 5 aliphatic rings. The Morgan fingerprint density at radius 2 is 1.94 bits per heavy atom. The van der Waals surface area contributed by atoms with Gasteiger partial charge in [0.1, 0.15) is 0 Å². The highest BCUT2D eigenvalue weighted by molar-refractivity contribution is 5.93. The first-order valence-corrected chi connectivity index (χ1v) is 12.9. The molecule has 0 bridgehead atoms. The second kappa shape index (κ2) is 7.32. The number of carbonyl (C=O) groups excluding carboxylic acids is 1. The summed E-state index contributed by atoms with van der Waals surface area (Å²) in [5, 5.41) is 3.27. The summed E-state index contributed by atoms with van der Waals surface area (Å²) in [5.41, 5.74) is 7.53. The topological polar surface area (TPSA) is 38.3 Å². The molecule has 6 atom stereocenters. The van der Waals surface area contributed by atoms with Crippen molar-refractivity contribution >= 4 is 11.5 Å². The number of benzene rings is 1. The quantitative estimate of drug-likeness (QED) is 0.587. The lowest BCUT2D eigenvalue weighted by atomic mass is 9.50. The second-order valence-electron chi connectivity index (χ2n) is 11.4. The van der Waals surface area contributed by atoms with E-state index in [1.165, 1.54) is 55.3 Å². The highest BCUT2D eigenvalue weighted by Crippen LogP contribution is 2.69. The molecule has 4 unspecified atom stereocenters. The van der Waals surface area contributed by atoms with Gasteiger partial charge in [0.2, 0.25) is 0 Å². The molecule has 1 aromatic rings. The molecule has 1 aromatic carbocycles. The van der Waals surface area contributed by atoms with E-state index in [9.17, 15) is 4.79 Å². The van der Waals surface area contributed by atoms with E-state index in [4.69, 9.17) is 4.74 Å². The van der Waals surface area contributed by atoms with Crippen molar-refractivity contribution in [3.8, 4) is 0 Å². The van der Waals surface area contributed by atoms with Gasteiger partial charge in [-0.15, -0.1) is 0 Å². The highest BCUT2D eigenvalue weighted by Gasteiger charge is 2.64. The fourth-order valence-electron chi connectivity index (χ4n) is 8.56. The Morgan fingerprint density at radius 3 is 2.66 bits per heavy atom. The van der Waals surface area contributed by atoms with Crippen LogP contribution in [0.15, 0.2) is 47.1 Å². The van der Waals surface area contributed by atoms with Crippen LogP contribution in [0.5, 0.6) is 0 Å². The normalized spacial score (nSPS) is 40.7. The van der Waals surface area contributed by atoms with E-state index in [0.717, 1.165) is 13.0 Å². The van der Waals surface area contributed by atoms with Gasteiger partial charge in [-0.1, -0.05) is 31.6 Å². The summed E-state index contributed by atoms with van der Waals surface area (Å²) in [5.74, 6) is 2.58. The third-order valence-electron chi connectivity index (χ3n) is 10.1. The lowest BCUT2D eigenvalue weighted by Gasteiger charge is -2.56. The third kappa shape index (κ3) is 2.79. The number of rotatable bonds is 2. The van der Waals surface area contributed by atoms with Crippen LogP contribution in [0.25, 0.3) is 0 Å². The molecular formula is C29H37NO2. The lowest BCUT2D eigenvalue weighted by molar-refractivity contribution is -0.115. The van der Waals surface area contributed by atoms with Gasteiger partial charge in [-0.05, 0) is 97.6 Å². The summed E-state index contributed by atoms with van der Waals surface area (Å²) >= 11 is 0. The second-order valence-corrected chi connectivity index (χ2v) is 11.4. The minimum atomic E-state index is 0.0823. The standard InChI is InChI=1S/C29H37NO2/c1-18-15-24-26-11-13-29(12-4-14-32-29)28(26,2)17-25(19-5-7-20(30-3)8-6-19)27(24)22-10-9-21(31)16-23(18)22/h5-8,16,18,24-26,30H,4,9-15,17H2,1-3H3/t18-,24?,25?,26?,28+,29?/m1/s1. The average molecular weight is 432 g/mol. The minimum absolute atomic E-state index is 0.0823. The predicted octanol–water partition coefficient (Wildman–Crippen LogP) is 6.42. The van der Waals surface area contributed by atoms with Crippen LogP contribution in [0.1, 0.15) is 76.7 Å². The van der Waals surface area contributed by atoms with Crippen molar-refractivity contribution in [2.24, 2.45) is 23.2 Å². The van der Waals surface area contributed by atoms with Crippen molar-refractivity contribution in [1.82, 2.24) is 0 Å². The first-order chi connectivity index (χ1) is 15.5. The van der Waals surface area contributed by atoms with Crippen molar-refractivity contribution in [1.29, 1.82) is 0 Å². The monoisotopic (exact) mass is 431 g/mol. The average Bonchev–Trinajstić information content (AvgIpc) is 3.39. The number of fused-ring (bicyclic) bond motifs is 5. The van der Waals surface area contributed by atoms with Crippen molar-refractivity contribution < 1.29 is 9.53 Å². The van der Waals surface area contributed by atoms with E-state index in [1.54, 1.807) is 11.1 Å². The molecule has 1 heterocycles. The molecule has 1 spiro atoms. The van der Waals surface area contributed by atoms with Crippen LogP contribution in [0.4, 0.5) is 5.69 Å². The summed E-state index contributed by atoms with van der Waals surface area (Å²) in [4.78, 5) is 12.3. The number of carbonyl (C=O) groups is 1. The van der Waals surface area contributed by atoms with E-state index >= 15 is 0 Å². The zero-order valence-corrected chi connectivity index (χ0v) is 19.9. The first-order valence-electron chi connectivity index (χ1n) is 12.9. The zero-order valence-electron chi connectivity index (χ0n) is 19.9. The summed E-state index contributed by atoms with van der Waals surface area (Å²) in [6.07, 6.45) is 11.0. The van der Waals surface area contributed by atoms with E-state index < -0.39 is 0 Å². The number of hydrogen-bond donors (Lipinski definition) is 1. The van der Waals surface area contributed by atoms with Gasteiger partial charge in [-0.25, -0.2) is 0 Å². The Hall–Kier alpha value is -1.87. The van der Waals surface area contributed by atoms with Gasteiger partial charge in [-0.3, -0.25) is 4.79 Å². The Kier molecular flexibility index (Phi) is 4.74. The predicted molar refractivity (Wildman–Crippen MR) is 129 cm³/mol. The number of ether oxygens (including phenoxy) is 1. The molecule has 4 aliphatic carbocycles. The van der Waals surface area contributed by atoms with Gasteiger partial charge in [-0.2, -0.15) is 0 Å². The molecule has 3 heteroatoms. The maximum atomic E-state index is 12.3. The van der Waals surface area contributed by atoms with Crippen LogP contribution in [0, 0.1) is 23.2 Å². The Balaban J connectivity index is 1.52. The minimum Gasteiger partial charge on any atom is -0.388 e. The molecule has 2 saturated carbocycles. The molecule has 0 amide bonds. The van der Waals surface area contributed by atoms with Gasteiger partial charge in [0.15, 0.2) is 5.78 Å². The number of hydrogen-bond acceptors (Lipinski definition) is 3. The van der Waals surface area contributed by atoms with Crippen LogP contribution < -0.4 is 5.32 Å². The van der Waals surface area contributed by atoms with Crippen LogP contribution in [-0.2, 0) is 9.53 Å². The molecule has 0 radical (unpaired) electrons. The van der Waals surface area contributed by atoms with E-state index in [1.807, 2.05) is 13.1 Å². The number of ketones is 1. The fraction of sp³-hybridized carbons (Fsp3) is 0.621. The summed E-state index contributed by atoms with van der Waals surface area (Å²) in [6.45, 7) is 5.88. The van der Waals surface area contributed by atoms with Crippen molar-refractivity contribution in [3.05, 3.63) is 52.6 Å². The number of nitrogens with one attached hydrogen (secondary N) is 1. The van der Waals surface area contributed by atoms with Crippen LogP contribution in [0.2, 0.25) is 0 Å². The first kappa shape index (κ1) is 20.7. The molecule has 3 fully saturated rings. The Bertz CT molecular complexity index is 996. The summed E-state index contributed by atoms with van der Waals surface area (Å²) < 4.78 is 6.64. The van der Waals surface area contributed by atoms with Gasteiger partial charge < -0.3 is 10.1 Å². The Labute approximate surface area is 192 Å². The maximum Gasteiger partial charge on any atom is 0.156 e. The number of allylic oxidation sites excluding steroid dienone is 4. The molecule has 6 rings (SSSR count). The smallest absolute Gasteiger partial charge is 0.156 e. The molecule has 1 aliphatic heterocycles. The fourth-order valence-corrected chi connectivity index (χ4v) is 8.56. The van der Waals surface area contributed by atoms with Crippen LogP contribution in [-0.4, -0.2) is 25.0 Å². The van der Waals surface area contributed by atoms with Gasteiger partial charge in [0.25, 0.3) is 0 Å². The molecule has 3 nitrogen and oxygen atoms in total. The van der Waals surface area contributed by atoms with Crippen LogP contribution in [0.3, 0.4) is 0 Å². The van der Waals surface area contributed by atoms with E-state index in [0.29, 0.717) is 35.9 Å². The van der Waals surface area contributed by atoms with Crippen molar-refractivity contribution in [2.45, 2.75) is 76.7 Å². The summed E-state index contributed by atoms with van der Waals surface area (Å²) in [6, 6.07) is 9.15. The van der Waals surface area contributed by atoms with Crippen LogP contribution >= 0.6 is 0 Å². The number of anilines is 1. The molecule has 1 saturated heterocycles. The molecule has 0 aromatic heterocycles. The maximum absolute atomic E-state index is 12.3. The Morgan fingerprint density at radius 1 is 1.12 bits per heavy atom. The van der Waals surface area contributed by atoms with Crippen molar-refractivity contribution in [2.75, 3.05) is 19.0 Å². The molecule has 1 N–H and O–H groups in total. The van der Waals surface area contributed by atoms with E-state index in [-0.39, 0.29) is 11.0 Å². The summed E-state index contributed by atoms with van der Waals surface area (Å²) in [7, 11) is 1.99. The molecular weight excluding hydrogens is 394 g/mol. The third-order valence-corrected chi connectivity index (χ3v) is 10.1. The largest absolute Gasteiger partial charge is 0.388 e. The highest BCUT2D eigenvalue weighted by atomic mass is 16.5. The molecule has 32 heavy (non-hydrogen) atoms. The molecule has 170 valence electrons. The van der Waals surface area contributed by atoms with Gasteiger partial charge in [0, 0.05) is 37.1 Å². The van der Waals surface area contributed by atoms with E-state index in [2.05, 4.69) is 43.4 Å². The van der Waals surface area contributed by atoms with Gasteiger partial charge in [0.05, 0.1) is 5.60 Å².